The molecule has 3 rings (SSSR count). The maximum atomic E-state index is 12.5. The van der Waals surface area contributed by atoms with Crippen LogP contribution in [0.15, 0.2) is 66.7 Å². The van der Waals surface area contributed by atoms with E-state index in [4.69, 9.17) is 5.73 Å². The van der Waals surface area contributed by atoms with Gasteiger partial charge in [-0.05, 0) is 40.6 Å². The third kappa shape index (κ3) is 4.73. The van der Waals surface area contributed by atoms with Crippen LogP contribution in [0.5, 0.6) is 0 Å². The molecule has 0 saturated carbocycles. The highest BCUT2D eigenvalue weighted by Crippen LogP contribution is 2.17. The van der Waals surface area contributed by atoms with E-state index in [9.17, 15) is 14.4 Å². The zero-order valence-electron chi connectivity index (χ0n) is 15.4. The Hall–Kier alpha value is -3.67. The van der Waals surface area contributed by atoms with Crippen molar-refractivity contribution in [3.05, 3.63) is 77.9 Å². The molecule has 0 bridgehead atoms. The quantitative estimate of drug-likeness (QED) is 0.617. The molecule has 142 valence electrons. The summed E-state index contributed by atoms with van der Waals surface area (Å²) in [5.41, 5.74) is 7.37. The van der Waals surface area contributed by atoms with Gasteiger partial charge in [-0.1, -0.05) is 42.5 Å². The topological polar surface area (TPSA) is 101 Å². The summed E-state index contributed by atoms with van der Waals surface area (Å²) in [7, 11) is 0. The van der Waals surface area contributed by atoms with Crippen LogP contribution in [0, 0.1) is 0 Å². The van der Waals surface area contributed by atoms with Crippen LogP contribution >= 0.6 is 0 Å². The number of hydrogen-bond acceptors (Lipinski definition) is 3. The van der Waals surface area contributed by atoms with Gasteiger partial charge in [-0.25, -0.2) is 0 Å². The number of rotatable bonds is 6. The summed E-state index contributed by atoms with van der Waals surface area (Å²) in [5.74, 6) is -1.20. The molecular formula is C22H21N3O3. The van der Waals surface area contributed by atoms with Crippen LogP contribution in [0.4, 0.5) is 5.69 Å². The molecule has 0 aliphatic carbocycles. The van der Waals surface area contributed by atoms with Crippen LogP contribution in [-0.4, -0.2) is 23.8 Å². The minimum Gasteiger partial charge on any atom is -0.368 e. The lowest BCUT2D eigenvalue weighted by molar-refractivity contribution is -0.119. The lowest BCUT2D eigenvalue weighted by Gasteiger charge is -2.16. The van der Waals surface area contributed by atoms with Gasteiger partial charge in [0.05, 0.1) is 0 Å². The van der Waals surface area contributed by atoms with Gasteiger partial charge in [0, 0.05) is 24.6 Å². The number of hydrogen-bond donors (Lipinski definition) is 3. The van der Waals surface area contributed by atoms with Crippen molar-refractivity contribution in [2.75, 3.05) is 5.32 Å². The number of carbonyl (C=O) groups excluding carboxylic acids is 3. The van der Waals surface area contributed by atoms with Gasteiger partial charge in [0.1, 0.15) is 6.04 Å². The summed E-state index contributed by atoms with van der Waals surface area (Å²) < 4.78 is 0. The lowest BCUT2D eigenvalue weighted by Crippen LogP contribution is -2.45. The van der Waals surface area contributed by atoms with Crippen LogP contribution < -0.4 is 16.4 Å². The third-order valence-corrected chi connectivity index (χ3v) is 4.37. The molecule has 1 atom stereocenters. The number of nitrogens with one attached hydrogen (secondary N) is 2. The minimum atomic E-state index is -0.830. The Kier molecular flexibility index (Phi) is 5.69. The highest BCUT2D eigenvalue weighted by molar-refractivity contribution is 5.98. The molecule has 3 amide bonds. The van der Waals surface area contributed by atoms with E-state index < -0.39 is 17.9 Å². The van der Waals surface area contributed by atoms with Crippen molar-refractivity contribution in [2.24, 2.45) is 5.73 Å². The van der Waals surface area contributed by atoms with Gasteiger partial charge in [-0.3, -0.25) is 14.4 Å². The van der Waals surface area contributed by atoms with Gasteiger partial charge < -0.3 is 16.4 Å². The van der Waals surface area contributed by atoms with Crippen molar-refractivity contribution < 1.29 is 14.4 Å². The molecular weight excluding hydrogens is 354 g/mol. The first-order chi connectivity index (χ1) is 13.4. The molecule has 6 nitrogen and oxygen atoms in total. The zero-order chi connectivity index (χ0) is 20.1. The molecule has 0 fully saturated rings. The van der Waals surface area contributed by atoms with Gasteiger partial charge in [-0.2, -0.15) is 0 Å². The molecule has 0 aliphatic heterocycles. The Bertz CT molecular complexity index is 1030. The Morgan fingerprint density at radius 1 is 0.929 bits per heavy atom. The molecule has 0 saturated heterocycles. The summed E-state index contributed by atoms with van der Waals surface area (Å²) >= 11 is 0. The Morgan fingerprint density at radius 3 is 2.25 bits per heavy atom. The molecule has 6 heteroatoms. The van der Waals surface area contributed by atoms with Crippen molar-refractivity contribution in [3.63, 3.8) is 0 Å². The average molecular weight is 375 g/mol. The largest absolute Gasteiger partial charge is 0.368 e. The molecule has 3 aromatic carbocycles. The van der Waals surface area contributed by atoms with Gasteiger partial charge in [0.15, 0.2) is 0 Å². The normalized spacial score (nSPS) is 11.6. The Balaban J connectivity index is 1.72. The SMILES string of the molecule is CC(=O)Nc1ccc(C(=O)N[C@H](Cc2ccc3ccccc3c2)C(N)=O)cc1. The molecule has 0 aliphatic rings. The maximum absolute atomic E-state index is 12.5. The Labute approximate surface area is 162 Å². The molecule has 4 N–H and O–H groups in total. The van der Waals surface area contributed by atoms with Crippen LogP contribution in [0.3, 0.4) is 0 Å². The fourth-order valence-electron chi connectivity index (χ4n) is 2.97. The van der Waals surface area contributed by atoms with E-state index in [0.717, 1.165) is 16.3 Å². The van der Waals surface area contributed by atoms with E-state index in [-0.39, 0.29) is 5.91 Å². The monoisotopic (exact) mass is 375 g/mol. The smallest absolute Gasteiger partial charge is 0.251 e. The number of primary amides is 1. The summed E-state index contributed by atoms with van der Waals surface area (Å²) in [5, 5.41) is 7.48. The van der Waals surface area contributed by atoms with E-state index in [1.165, 1.54) is 6.92 Å². The first-order valence-electron chi connectivity index (χ1n) is 8.88. The summed E-state index contributed by atoms with van der Waals surface area (Å²) in [6.45, 7) is 1.41. The number of benzene rings is 3. The van der Waals surface area contributed by atoms with Crippen molar-refractivity contribution >= 4 is 34.2 Å². The van der Waals surface area contributed by atoms with Gasteiger partial charge >= 0.3 is 0 Å². The minimum absolute atomic E-state index is 0.193. The zero-order valence-corrected chi connectivity index (χ0v) is 15.4. The highest BCUT2D eigenvalue weighted by atomic mass is 16.2. The fraction of sp³-hybridized carbons (Fsp3) is 0.136. The second-order valence-electron chi connectivity index (χ2n) is 6.57. The summed E-state index contributed by atoms with van der Waals surface area (Å²) in [4.78, 5) is 35.4. The first kappa shape index (κ1) is 19.1. The van der Waals surface area contributed by atoms with Crippen LogP contribution in [0.2, 0.25) is 0 Å². The van der Waals surface area contributed by atoms with E-state index in [2.05, 4.69) is 10.6 Å². The summed E-state index contributed by atoms with van der Waals surface area (Å²) in [6, 6.07) is 19.4. The van der Waals surface area contributed by atoms with Crippen LogP contribution in [0.1, 0.15) is 22.8 Å². The molecule has 28 heavy (non-hydrogen) atoms. The molecule has 0 unspecified atom stereocenters. The Morgan fingerprint density at radius 2 is 1.61 bits per heavy atom. The highest BCUT2D eigenvalue weighted by Gasteiger charge is 2.19. The van der Waals surface area contributed by atoms with Crippen molar-refractivity contribution in [2.45, 2.75) is 19.4 Å². The molecule has 0 spiro atoms. The second kappa shape index (κ2) is 8.35. The van der Waals surface area contributed by atoms with E-state index in [0.29, 0.717) is 17.7 Å². The van der Waals surface area contributed by atoms with Gasteiger partial charge in [0.25, 0.3) is 5.91 Å². The van der Waals surface area contributed by atoms with Gasteiger partial charge in [0.2, 0.25) is 11.8 Å². The number of nitrogens with two attached hydrogens (primary N) is 1. The molecule has 3 aromatic rings. The fourth-order valence-corrected chi connectivity index (χ4v) is 2.97. The van der Waals surface area contributed by atoms with Crippen LogP contribution in [0.25, 0.3) is 10.8 Å². The van der Waals surface area contributed by atoms with Crippen LogP contribution in [-0.2, 0) is 16.0 Å². The van der Waals surface area contributed by atoms with E-state index in [1.807, 2.05) is 42.5 Å². The second-order valence-corrected chi connectivity index (χ2v) is 6.57. The lowest BCUT2D eigenvalue weighted by atomic mass is 10.0. The maximum Gasteiger partial charge on any atom is 0.251 e. The average Bonchev–Trinajstić information content (AvgIpc) is 2.67. The predicted molar refractivity (Wildman–Crippen MR) is 109 cm³/mol. The van der Waals surface area contributed by atoms with Crippen molar-refractivity contribution in [1.29, 1.82) is 0 Å². The molecule has 0 heterocycles. The van der Waals surface area contributed by atoms with Gasteiger partial charge in [-0.15, -0.1) is 0 Å². The number of amides is 3. The predicted octanol–water partition coefficient (Wildman–Crippen LogP) is 2.62. The summed E-state index contributed by atoms with van der Waals surface area (Å²) in [6.07, 6.45) is 0.301. The van der Waals surface area contributed by atoms with E-state index >= 15 is 0 Å². The standard InChI is InChI=1S/C22H21N3O3/c1-14(26)24-19-10-8-17(9-11-19)22(28)25-20(21(23)27)13-15-6-7-16-4-2-3-5-18(16)12-15/h2-12,20H,13H2,1H3,(H2,23,27)(H,24,26)(H,25,28)/t20-/m1/s1. The van der Waals surface area contributed by atoms with E-state index in [1.54, 1.807) is 24.3 Å². The molecule has 0 radical (unpaired) electrons. The number of fused-ring (bicyclic) bond motifs is 1. The molecule has 0 aromatic heterocycles. The number of carbonyl (C=O) groups is 3. The van der Waals surface area contributed by atoms with Crippen molar-refractivity contribution in [3.8, 4) is 0 Å². The number of anilines is 1. The third-order valence-electron chi connectivity index (χ3n) is 4.37. The first-order valence-corrected chi connectivity index (χ1v) is 8.88. The van der Waals surface area contributed by atoms with Crippen molar-refractivity contribution in [1.82, 2.24) is 5.32 Å².